The molecule has 164 valence electrons. The Morgan fingerprint density at radius 2 is 1.73 bits per heavy atom. The van der Waals surface area contributed by atoms with E-state index in [4.69, 9.17) is 9.72 Å². The van der Waals surface area contributed by atoms with Crippen molar-refractivity contribution < 1.29 is 13.2 Å². The molecule has 8 nitrogen and oxygen atoms in total. The third-order valence-electron chi connectivity index (χ3n) is 4.61. The van der Waals surface area contributed by atoms with Crippen LogP contribution in [-0.2, 0) is 9.84 Å². The molecule has 0 aliphatic carbocycles. The molecule has 4 heterocycles. The molecule has 0 fully saturated rings. The number of hydrogen-bond acceptors (Lipinski definition) is 8. The van der Waals surface area contributed by atoms with Gasteiger partial charge in [-0.3, -0.25) is 4.98 Å². The van der Waals surface area contributed by atoms with E-state index in [0.717, 1.165) is 32.9 Å². The fourth-order valence-corrected chi connectivity index (χ4v) is 4.60. The Morgan fingerprint density at radius 3 is 2.39 bits per heavy atom. The maximum absolute atomic E-state index is 11.7. The van der Waals surface area contributed by atoms with Crippen LogP contribution in [0.5, 0.6) is 11.5 Å². The molecular weight excluding hydrogens is 458 g/mol. The normalized spacial score (nSPS) is 11.5. The van der Waals surface area contributed by atoms with Gasteiger partial charge in [0.15, 0.2) is 20.7 Å². The summed E-state index contributed by atoms with van der Waals surface area (Å²) in [5, 5.41) is 0.808. The highest BCUT2D eigenvalue weighted by Crippen LogP contribution is 2.37. The van der Waals surface area contributed by atoms with Crippen LogP contribution >= 0.6 is 11.8 Å². The van der Waals surface area contributed by atoms with Crippen LogP contribution in [0.15, 0.2) is 94.2 Å². The van der Waals surface area contributed by atoms with Crippen LogP contribution in [0, 0.1) is 0 Å². The second kappa shape index (κ2) is 8.64. The third kappa shape index (κ3) is 4.71. The molecule has 0 aliphatic heterocycles. The summed E-state index contributed by atoms with van der Waals surface area (Å²) in [6.45, 7) is 0. The van der Waals surface area contributed by atoms with Crippen molar-refractivity contribution in [2.45, 2.75) is 14.9 Å². The summed E-state index contributed by atoms with van der Waals surface area (Å²) in [6, 6.07) is 18.0. The van der Waals surface area contributed by atoms with E-state index in [1.165, 1.54) is 24.0 Å². The fraction of sp³-hybridized carbons (Fsp3) is 0.0435. The fourth-order valence-electron chi connectivity index (χ4n) is 3.12. The Labute approximate surface area is 194 Å². The zero-order chi connectivity index (χ0) is 22.8. The van der Waals surface area contributed by atoms with Crippen LogP contribution in [0.2, 0.25) is 0 Å². The van der Waals surface area contributed by atoms with Crippen molar-refractivity contribution in [3.8, 4) is 23.0 Å². The van der Waals surface area contributed by atoms with Crippen LogP contribution in [0.25, 0.3) is 22.6 Å². The molecule has 5 aromatic rings. The first-order chi connectivity index (χ1) is 16.0. The van der Waals surface area contributed by atoms with Gasteiger partial charge < -0.3 is 9.72 Å². The van der Waals surface area contributed by atoms with Crippen LogP contribution in [0.4, 0.5) is 0 Å². The highest BCUT2D eigenvalue weighted by atomic mass is 32.2. The summed E-state index contributed by atoms with van der Waals surface area (Å²) in [4.78, 5) is 21.7. The van der Waals surface area contributed by atoms with Crippen LogP contribution in [0.3, 0.4) is 0 Å². The lowest BCUT2D eigenvalue weighted by molar-refractivity contribution is 0.478. The standard InChI is InChI=1S/C23H17N5O3S2/c1-33(29,30)21-9-8-15(14-26-21)31-16-12-18-22(19(13-16)32-20-7-3-5-11-25-20)28-23(27-18)17-6-2-4-10-24-17/h2-14H,1H3,(H,27,28). The number of sulfone groups is 1. The Bertz CT molecular complexity index is 1520. The molecule has 4 aromatic heterocycles. The Morgan fingerprint density at radius 1 is 0.909 bits per heavy atom. The van der Waals surface area contributed by atoms with Crippen LogP contribution < -0.4 is 4.74 Å². The molecule has 0 atom stereocenters. The van der Waals surface area contributed by atoms with Crippen LogP contribution in [-0.4, -0.2) is 39.6 Å². The number of nitrogens with one attached hydrogen (secondary N) is 1. The maximum atomic E-state index is 11.7. The highest BCUT2D eigenvalue weighted by Gasteiger charge is 2.15. The topological polar surface area (TPSA) is 111 Å². The van der Waals surface area contributed by atoms with Crippen molar-refractivity contribution in [1.29, 1.82) is 0 Å². The number of hydrogen-bond donors (Lipinski definition) is 1. The molecule has 0 aliphatic rings. The molecule has 1 aromatic carbocycles. The van der Waals surface area contributed by atoms with Gasteiger partial charge in [0.2, 0.25) is 0 Å². The minimum absolute atomic E-state index is 0.00901. The first-order valence-corrected chi connectivity index (χ1v) is 12.5. The van der Waals surface area contributed by atoms with Crippen molar-refractivity contribution in [3.05, 3.63) is 79.3 Å². The highest BCUT2D eigenvalue weighted by molar-refractivity contribution is 7.99. The number of aromatic amines is 1. The number of fused-ring (bicyclic) bond motifs is 1. The summed E-state index contributed by atoms with van der Waals surface area (Å²) in [6.07, 6.45) is 5.95. The van der Waals surface area contributed by atoms with Gasteiger partial charge in [-0.1, -0.05) is 23.9 Å². The molecule has 0 saturated carbocycles. The van der Waals surface area contributed by atoms with Crippen molar-refractivity contribution >= 4 is 32.6 Å². The van der Waals surface area contributed by atoms with E-state index >= 15 is 0 Å². The molecule has 0 saturated heterocycles. The quantitative estimate of drug-likeness (QED) is 0.374. The molecule has 1 N–H and O–H groups in total. The monoisotopic (exact) mass is 475 g/mol. The molecule has 0 spiro atoms. The molecular formula is C23H17N5O3S2. The number of rotatable bonds is 6. The van der Waals surface area contributed by atoms with Crippen LogP contribution in [0.1, 0.15) is 0 Å². The number of imidazole rings is 1. The second-order valence-corrected chi connectivity index (χ2v) is 10.1. The third-order valence-corrected chi connectivity index (χ3v) is 6.59. The van der Waals surface area contributed by atoms with Gasteiger partial charge in [-0.25, -0.2) is 23.4 Å². The number of H-pyrrole nitrogens is 1. The summed E-state index contributed by atoms with van der Waals surface area (Å²) < 4.78 is 29.3. The first-order valence-electron chi connectivity index (χ1n) is 9.84. The molecule has 0 bridgehead atoms. The summed E-state index contributed by atoms with van der Waals surface area (Å²) in [5.74, 6) is 1.61. The summed E-state index contributed by atoms with van der Waals surface area (Å²) in [7, 11) is -3.38. The van der Waals surface area contributed by atoms with Gasteiger partial charge in [0.1, 0.15) is 27.7 Å². The van der Waals surface area contributed by atoms with Gasteiger partial charge in [-0.15, -0.1) is 0 Å². The predicted molar refractivity (Wildman–Crippen MR) is 125 cm³/mol. The zero-order valence-electron chi connectivity index (χ0n) is 17.3. The van der Waals surface area contributed by atoms with E-state index in [0.29, 0.717) is 17.3 Å². The van der Waals surface area contributed by atoms with E-state index < -0.39 is 9.84 Å². The van der Waals surface area contributed by atoms with Crippen molar-refractivity contribution in [1.82, 2.24) is 24.9 Å². The largest absolute Gasteiger partial charge is 0.456 e. The van der Waals surface area contributed by atoms with E-state index in [-0.39, 0.29) is 5.03 Å². The van der Waals surface area contributed by atoms with Crippen molar-refractivity contribution in [3.63, 3.8) is 0 Å². The lowest BCUT2D eigenvalue weighted by atomic mass is 10.3. The van der Waals surface area contributed by atoms with Gasteiger partial charge in [-0.2, -0.15) is 0 Å². The van der Waals surface area contributed by atoms with Gasteiger partial charge >= 0.3 is 0 Å². The second-order valence-electron chi connectivity index (χ2n) is 7.09. The Balaban J connectivity index is 1.55. The number of ether oxygens (including phenoxy) is 1. The summed E-state index contributed by atoms with van der Waals surface area (Å²) in [5.41, 5.74) is 2.27. The van der Waals surface area contributed by atoms with Gasteiger partial charge in [0.05, 0.1) is 11.7 Å². The van der Waals surface area contributed by atoms with Gasteiger partial charge in [-0.05, 0) is 42.5 Å². The van der Waals surface area contributed by atoms with E-state index in [9.17, 15) is 8.42 Å². The average Bonchev–Trinajstić information content (AvgIpc) is 3.25. The predicted octanol–water partition coefficient (Wildman–Crippen LogP) is 4.76. The minimum Gasteiger partial charge on any atom is -0.456 e. The molecule has 0 amide bonds. The average molecular weight is 476 g/mol. The SMILES string of the molecule is CS(=O)(=O)c1ccc(Oc2cc(Sc3ccccn3)c3nc(-c4ccccn4)[nH]c3c2)cn1. The molecule has 33 heavy (non-hydrogen) atoms. The molecule has 5 rings (SSSR count). The van der Waals surface area contributed by atoms with E-state index in [1.807, 2.05) is 48.5 Å². The van der Waals surface area contributed by atoms with E-state index in [2.05, 4.69) is 19.9 Å². The number of pyridine rings is 3. The Hall–Kier alpha value is -3.76. The summed E-state index contributed by atoms with van der Waals surface area (Å²) >= 11 is 1.47. The number of aromatic nitrogens is 5. The number of benzene rings is 1. The smallest absolute Gasteiger partial charge is 0.192 e. The molecule has 0 unspecified atom stereocenters. The van der Waals surface area contributed by atoms with Crippen molar-refractivity contribution in [2.24, 2.45) is 0 Å². The first kappa shape index (κ1) is 21.1. The van der Waals surface area contributed by atoms with Crippen molar-refractivity contribution in [2.75, 3.05) is 6.26 Å². The zero-order valence-corrected chi connectivity index (χ0v) is 19.0. The van der Waals surface area contributed by atoms with Gasteiger partial charge in [0, 0.05) is 29.6 Å². The minimum atomic E-state index is -3.38. The number of nitrogens with zero attached hydrogens (tertiary/aromatic N) is 4. The van der Waals surface area contributed by atoms with E-state index in [1.54, 1.807) is 18.5 Å². The molecule has 0 radical (unpaired) electrons. The molecule has 10 heteroatoms. The lowest BCUT2D eigenvalue weighted by Gasteiger charge is -2.09. The lowest BCUT2D eigenvalue weighted by Crippen LogP contribution is -1.99. The van der Waals surface area contributed by atoms with Gasteiger partial charge in [0.25, 0.3) is 0 Å². The Kier molecular flexibility index (Phi) is 5.53. The maximum Gasteiger partial charge on any atom is 0.192 e.